The van der Waals surface area contributed by atoms with E-state index < -0.39 is 0 Å². The van der Waals surface area contributed by atoms with E-state index in [1.807, 2.05) is 25.1 Å². The van der Waals surface area contributed by atoms with Gasteiger partial charge in [-0.3, -0.25) is 4.79 Å². The third-order valence-electron chi connectivity index (χ3n) is 3.70. The minimum atomic E-state index is -0.0936. The van der Waals surface area contributed by atoms with Gasteiger partial charge in [-0.15, -0.1) is 0 Å². The van der Waals surface area contributed by atoms with E-state index >= 15 is 0 Å². The Labute approximate surface area is 119 Å². The third kappa shape index (κ3) is 3.22. The van der Waals surface area contributed by atoms with Crippen LogP contribution in [0.2, 0.25) is 0 Å². The predicted octanol–water partition coefficient (Wildman–Crippen LogP) is 1.49. The summed E-state index contributed by atoms with van der Waals surface area (Å²) in [4.78, 5) is 12.1. The average molecular weight is 278 g/mol. The second-order valence-corrected chi connectivity index (χ2v) is 5.03. The van der Waals surface area contributed by atoms with Crippen LogP contribution in [0.25, 0.3) is 0 Å². The highest BCUT2D eigenvalue weighted by Crippen LogP contribution is 2.29. The summed E-state index contributed by atoms with van der Waals surface area (Å²) in [5.74, 6) is 1.63. The number of carbonyl (C=O) groups is 1. The molecule has 5 nitrogen and oxygen atoms in total. The third-order valence-corrected chi connectivity index (χ3v) is 3.70. The Hall–Kier alpha value is -1.75. The molecule has 0 saturated carbocycles. The quantitative estimate of drug-likeness (QED) is 0.857. The first-order valence-electron chi connectivity index (χ1n) is 6.88. The van der Waals surface area contributed by atoms with Crippen molar-refractivity contribution in [2.24, 2.45) is 5.92 Å². The Morgan fingerprint density at radius 2 is 2.20 bits per heavy atom. The van der Waals surface area contributed by atoms with Gasteiger partial charge >= 0.3 is 0 Å². The Morgan fingerprint density at radius 3 is 2.80 bits per heavy atom. The molecule has 1 amide bonds. The Kier molecular flexibility index (Phi) is 4.84. The number of amides is 1. The van der Waals surface area contributed by atoms with Crippen LogP contribution in [0.15, 0.2) is 18.2 Å². The molecule has 1 aliphatic heterocycles. The molecule has 110 valence electrons. The number of hydrogen-bond donors (Lipinski definition) is 2. The van der Waals surface area contributed by atoms with Crippen LogP contribution in [0.5, 0.6) is 11.5 Å². The maximum atomic E-state index is 12.1. The Morgan fingerprint density at radius 1 is 1.40 bits per heavy atom. The summed E-state index contributed by atoms with van der Waals surface area (Å²) in [7, 11) is 3.24. The monoisotopic (exact) mass is 278 g/mol. The van der Waals surface area contributed by atoms with Crippen LogP contribution in [0.4, 0.5) is 0 Å². The van der Waals surface area contributed by atoms with Crippen LogP contribution in [-0.4, -0.2) is 33.2 Å². The number of hydrogen-bond acceptors (Lipinski definition) is 4. The lowest BCUT2D eigenvalue weighted by atomic mass is 10.0. The van der Waals surface area contributed by atoms with Crippen molar-refractivity contribution in [3.63, 3.8) is 0 Å². The molecule has 1 heterocycles. The molecule has 0 bridgehead atoms. The fourth-order valence-corrected chi connectivity index (χ4v) is 2.46. The van der Waals surface area contributed by atoms with Gasteiger partial charge in [0.2, 0.25) is 5.91 Å². The molecule has 1 saturated heterocycles. The molecule has 1 fully saturated rings. The number of benzene rings is 1. The largest absolute Gasteiger partial charge is 0.497 e. The van der Waals surface area contributed by atoms with Gasteiger partial charge in [-0.2, -0.15) is 0 Å². The van der Waals surface area contributed by atoms with E-state index in [9.17, 15) is 4.79 Å². The van der Waals surface area contributed by atoms with Crippen LogP contribution < -0.4 is 20.1 Å². The molecule has 1 aromatic carbocycles. The van der Waals surface area contributed by atoms with Crippen molar-refractivity contribution in [1.82, 2.24) is 10.6 Å². The van der Waals surface area contributed by atoms with Gasteiger partial charge in [-0.05, 0) is 32.0 Å². The van der Waals surface area contributed by atoms with Crippen LogP contribution in [0, 0.1) is 5.92 Å². The van der Waals surface area contributed by atoms with Gasteiger partial charge in [0.25, 0.3) is 0 Å². The first-order valence-corrected chi connectivity index (χ1v) is 6.88. The average Bonchev–Trinajstić information content (AvgIpc) is 3.00. The highest BCUT2D eigenvalue weighted by molar-refractivity contribution is 5.79. The van der Waals surface area contributed by atoms with Gasteiger partial charge in [0.15, 0.2) is 0 Å². The number of methoxy groups -OCH3 is 2. The van der Waals surface area contributed by atoms with Gasteiger partial charge in [0.05, 0.1) is 26.2 Å². The lowest BCUT2D eigenvalue weighted by Gasteiger charge is -2.19. The van der Waals surface area contributed by atoms with E-state index in [4.69, 9.17) is 9.47 Å². The maximum absolute atomic E-state index is 12.1. The molecule has 20 heavy (non-hydrogen) atoms. The van der Waals surface area contributed by atoms with Crippen LogP contribution in [0.3, 0.4) is 0 Å². The summed E-state index contributed by atoms with van der Waals surface area (Å²) in [5, 5.41) is 6.25. The van der Waals surface area contributed by atoms with Gasteiger partial charge in [-0.1, -0.05) is 0 Å². The van der Waals surface area contributed by atoms with Gasteiger partial charge in [0.1, 0.15) is 11.5 Å². The van der Waals surface area contributed by atoms with Gasteiger partial charge in [-0.25, -0.2) is 0 Å². The fourth-order valence-electron chi connectivity index (χ4n) is 2.46. The summed E-state index contributed by atoms with van der Waals surface area (Å²) in [6.07, 6.45) is 0.901. The lowest BCUT2D eigenvalue weighted by Crippen LogP contribution is -2.33. The molecule has 1 aliphatic rings. The van der Waals surface area contributed by atoms with Crippen LogP contribution in [-0.2, 0) is 4.79 Å². The standard InChI is InChI=1S/C15H22N2O3/c1-10(17-15(18)11-6-7-16-9-11)13-5-4-12(19-2)8-14(13)20-3/h4-5,8,10-11,16H,6-7,9H2,1-3H3,(H,17,18). The van der Waals surface area contributed by atoms with Gasteiger partial charge in [0, 0.05) is 18.2 Å². The predicted molar refractivity (Wildman–Crippen MR) is 77.1 cm³/mol. The van der Waals surface area contributed by atoms with E-state index in [2.05, 4.69) is 10.6 Å². The zero-order valence-corrected chi connectivity index (χ0v) is 12.2. The summed E-state index contributed by atoms with van der Waals surface area (Å²) in [5.41, 5.74) is 0.951. The summed E-state index contributed by atoms with van der Waals surface area (Å²) >= 11 is 0. The van der Waals surface area contributed by atoms with Gasteiger partial charge < -0.3 is 20.1 Å². The highest BCUT2D eigenvalue weighted by atomic mass is 16.5. The smallest absolute Gasteiger partial charge is 0.224 e. The number of nitrogens with one attached hydrogen (secondary N) is 2. The SMILES string of the molecule is COc1ccc(C(C)NC(=O)C2CCNC2)c(OC)c1. The first-order chi connectivity index (χ1) is 9.65. The minimum Gasteiger partial charge on any atom is -0.497 e. The van der Waals surface area contributed by atoms with E-state index in [1.165, 1.54) is 0 Å². The minimum absolute atomic E-state index is 0.0710. The topological polar surface area (TPSA) is 59.6 Å². The molecule has 2 atom stereocenters. The molecule has 5 heteroatoms. The van der Waals surface area contributed by atoms with Crippen molar-refractivity contribution in [2.75, 3.05) is 27.3 Å². The molecule has 0 radical (unpaired) electrons. The van der Waals surface area contributed by atoms with E-state index in [-0.39, 0.29) is 17.9 Å². The van der Waals surface area contributed by atoms with E-state index in [0.29, 0.717) is 0 Å². The second kappa shape index (κ2) is 6.61. The van der Waals surface area contributed by atoms with Crippen molar-refractivity contribution in [2.45, 2.75) is 19.4 Å². The zero-order chi connectivity index (χ0) is 14.5. The molecule has 1 aromatic rings. The van der Waals surface area contributed by atoms with Crippen molar-refractivity contribution in [3.8, 4) is 11.5 Å². The molecule has 0 spiro atoms. The molecule has 2 N–H and O–H groups in total. The number of rotatable bonds is 5. The first kappa shape index (κ1) is 14.7. The lowest BCUT2D eigenvalue weighted by molar-refractivity contribution is -0.125. The van der Waals surface area contributed by atoms with Crippen LogP contribution in [0.1, 0.15) is 24.9 Å². The Bertz CT molecular complexity index is 470. The summed E-state index contributed by atoms with van der Waals surface area (Å²) < 4.78 is 10.6. The summed E-state index contributed by atoms with van der Waals surface area (Å²) in [6.45, 7) is 3.64. The second-order valence-electron chi connectivity index (χ2n) is 5.03. The van der Waals surface area contributed by atoms with Crippen molar-refractivity contribution in [1.29, 1.82) is 0 Å². The maximum Gasteiger partial charge on any atom is 0.224 e. The van der Waals surface area contributed by atoms with Crippen molar-refractivity contribution < 1.29 is 14.3 Å². The van der Waals surface area contributed by atoms with Crippen molar-refractivity contribution in [3.05, 3.63) is 23.8 Å². The highest BCUT2D eigenvalue weighted by Gasteiger charge is 2.24. The van der Waals surface area contributed by atoms with Crippen LogP contribution >= 0.6 is 0 Å². The normalized spacial score (nSPS) is 19.4. The molecular weight excluding hydrogens is 256 g/mol. The van der Waals surface area contributed by atoms with Crippen molar-refractivity contribution >= 4 is 5.91 Å². The zero-order valence-electron chi connectivity index (χ0n) is 12.2. The molecule has 0 aromatic heterocycles. The fraction of sp³-hybridized carbons (Fsp3) is 0.533. The number of carbonyl (C=O) groups excluding carboxylic acids is 1. The van der Waals surface area contributed by atoms with E-state index in [1.54, 1.807) is 14.2 Å². The molecule has 2 unspecified atom stereocenters. The summed E-state index contributed by atoms with van der Waals surface area (Å²) in [6, 6.07) is 5.53. The number of ether oxygens (including phenoxy) is 2. The molecule has 2 rings (SSSR count). The van der Waals surface area contributed by atoms with E-state index in [0.717, 1.165) is 36.6 Å². The Balaban J connectivity index is 2.07. The molecule has 0 aliphatic carbocycles. The molecular formula is C15H22N2O3.